The van der Waals surface area contributed by atoms with Gasteiger partial charge in [-0.25, -0.2) is 0 Å². The topological polar surface area (TPSA) is 103 Å². The number of aromatic nitrogens is 2. The molecule has 0 aliphatic heterocycles. The zero-order valence-electron chi connectivity index (χ0n) is 21.0. The van der Waals surface area contributed by atoms with Gasteiger partial charge in [-0.2, -0.15) is 5.26 Å². The van der Waals surface area contributed by atoms with Crippen molar-refractivity contribution in [1.29, 1.82) is 5.26 Å². The van der Waals surface area contributed by atoms with Crippen molar-refractivity contribution in [1.82, 2.24) is 14.9 Å². The predicted octanol–water partition coefficient (Wildman–Crippen LogP) is 5.34. The minimum Gasteiger partial charge on any atom is -0.361 e. The summed E-state index contributed by atoms with van der Waals surface area (Å²) in [5.74, 6) is -0.594. The number of H-pyrrole nitrogens is 1. The van der Waals surface area contributed by atoms with Crippen molar-refractivity contribution in [2.45, 2.75) is 19.9 Å². The minimum absolute atomic E-state index is 0.0102. The first-order valence-electron chi connectivity index (χ1n) is 12.4. The first-order chi connectivity index (χ1) is 18.5. The Morgan fingerprint density at radius 2 is 1.82 bits per heavy atom. The Morgan fingerprint density at radius 1 is 1.03 bits per heavy atom. The Kier molecular flexibility index (Phi) is 7.05. The molecule has 2 amide bonds. The van der Waals surface area contributed by atoms with Crippen LogP contribution in [-0.4, -0.2) is 27.9 Å². The molecule has 5 rings (SSSR count). The molecule has 2 heterocycles. The van der Waals surface area contributed by atoms with E-state index in [0.717, 1.165) is 38.6 Å². The molecule has 0 unspecified atom stereocenters. The molecule has 3 N–H and O–H groups in total. The summed E-state index contributed by atoms with van der Waals surface area (Å²) in [5, 5.41) is 17.5. The van der Waals surface area contributed by atoms with Crippen molar-refractivity contribution in [2.75, 3.05) is 11.9 Å². The number of anilines is 1. The number of nitrogens with one attached hydrogen (secondary N) is 3. The van der Waals surface area contributed by atoms with Crippen molar-refractivity contribution >= 4 is 45.4 Å². The molecule has 7 heteroatoms. The zero-order chi connectivity index (χ0) is 26.5. The second-order valence-corrected chi connectivity index (χ2v) is 9.18. The van der Waals surface area contributed by atoms with E-state index in [1.807, 2.05) is 96.6 Å². The van der Waals surface area contributed by atoms with Crippen LogP contribution in [0.4, 0.5) is 5.69 Å². The third kappa shape index (κ3) is 5.35. The van der Waals surface area contributed by atoms with E-state index in [9.17, 15) is 14.9 Å². The van der Waals surface area contributed by atoms with E-state index in [0.29, 0.717) is 18.5 Å². The molecule has 38 heavy (non-hydrogen) atoms. The van der Waals surface area contributed by atoms with Gasteiger partial charge in [-0.1, -0.05) is 48.5 Å². The predicted molar refractivity (Wildman–Crippen MR) is 150 cm³/mol. The smallest absolute Gasteiger partial charge is 0.261 e. The van der Waals surface area contributed by atoms with Crippen LogP contribution >= 0.6 is 0 Å². The normalized spacial score (nSPS) is 11.4. The molecule has 0 saturated carbocycles. The van der Waals surface area contributed by atoms with E-state index in [1.165, 1.54) is 0 Å². The summed E-state index contributed by atoms with van der Waals surface area (Å²) < 4.78 is 1.83. The largest absolute Gasteiger partial charge is 0.361 e. The SMILES string of the molecule is Cc1cccc(NC(=O)Cn2cc(/C=C(/C#N)C(=O)NCCc3c[nH]c4ccccc34)c3ccccc32)c1. The highest BCUT2D eigenvalue weighted by atomic mass is 16.2. The number of aromatic amines is 1. The number of hydrogen-bond acceptors (Lipinski definition) is 3. The fourth-order valence-corrected chi connectivity index (χ4v) is 4.65. The molecule has 0 aliphatic rings. The second kappa shape index (κ2) is 10.9. The van der Waals surface area contributed by atoms with E-state index in [4.69, 9.17) is 0 Å². The maximum absolute atomic E-state index is 12.8. The minimum atomic E-state index is -0.429. The summed E-state index contributed by atoms with van der Waals surface area (Å²) in [4.78, 5) is 28.8. The molecule has 0 saturated heterocycles. The second-order valence-electron chi connectivity index (χ2n) is 9.18. The first-order valence-corrected chi connectivity index (χ1v) is 12.4. The lowest BCUT2D eigenvalue weighted by Gasteiger charge is -2.08. The summed E-state index contributed by atoms with van der Waals surface area (Å²) in [6, 6.07) is 25.3. The average Bonchev–Trinajstić information content (AvgIpc) is 3.48. The van der Waals surface area contributed by atoms with Crippen LogP contribution < -0.4 is 10.6 Å². The third-order valence-corrected chi connectivity index (χ3v) is 6.45. The van der Waals surface area contributed by atoms with Crippen LogP contribution in [0.25, 0.3) is 27.9 Å². The zero-order valence-corrected chi connectivity index (χ0v) is 21.0. The Balaban J connectivity index is 1.30. The Labute approximate surface area is 220 Å². The molecule has 7 nitrogen and oxygen atoms in total. The van der Waals surface area contributed by atoms with Gasteiger partial charge in [0.05, 0.1) is 0 Å². The molecular formula is C31H27N5O2. The third-order valence-electron chi connectivity index (χ3n) is 6.45. The maximum Gasteiger partial charge on any atom is 0.261 e. The van der Waals surface area contributed by atoms with Gasteiger partial charge in [0.2, 0.25) is 5.91 Å². The van der Waals surface area contributed by atoms with Crippen LogP contribution in [0.1, 0.15) is 16.7 Å². The summed E-state index contributed by atoms with van der Waals surface area (Å²) in [5.41, 5.74) is 5.51. The molecule has 188 valence electrons. The highest BCUT2D eigenvalue weighted by Gasteiger charge is 2.14. The molecule has 0 atom stereocenters. The number of nitrogens with zero attached hydrogens (tertiary/aromatic N) is 2. The molecule has 5 aromatic rings. The van der Waals surface area contributed by atoms with Gasteiger partial charge < -0.3 is 20.2 Å². The van der Waals surface area contributed by atoms with E-state index in [2.05, 4.69) is 15.6 Å². The van der Waals surface area contributed by atoms with E-state index in [-0.39, 0.29) is 18.0 Å². The van der Waals surface area contributed by atoms with Crippen molar-refractivity contribution in [3.63, 3.8) is 0 Å². The number of carbonyl (C=O) groups excluding carboxylic acids is 2. The van der Waals surface area contributed by atoms with Gasteiger partial charge in [-0.15, -0.1) is 0 Å². The average molecular weight is 502 g/mol. The van der Waals surface area contributed by atoms with Crippen LogP contribution in [0, 0.1) is 18.3 Å². The van der Waals surface area contributed by atoms with Crippen LogP contribution in [0.2, 0.25) is 0 Å². The Morgan fingerprint density at radius 3 is 2.63 bits per heavy atom. The monoisotopic (exact) mass is 501 g/mol. The fourth-order valence-electron chi connectivity index (χ4n) is 4.65. The number of benzene rings is 3. The fraction of sp³-hybridized carbons (Fsp3) is 0.129. The maximum atomic E-state index is 12.8. The van der Waals surface area contributed by atoms with E-state index < -0.39 is 5.91 Å². The van der Waals surface area contributed by atoms with Crippen LogP contribution in [0.3, 0.4) is 0 Å². The number of para-hydroxylation sites is 2. The summed E-state index contributed by atoms with van der Waals surface area (Å²) in [6.07, 6.45) is 5.97. The van der Waals surface area contributed by atoms with Crippen LogP contribution in [-0.2, 0) is 22.6 Å². The number of fused-ring (bicyclic) bond motifs is 2. The van der Waals surface area contributed by atoms with Crippen LogP contribution in [0.15, 0.2) is 90.8 Å². The molecule has 2 aromatic heterocycles. The van der Waals surface area contributed by atoms with Gasteiger partial charge in [0.15, 0.2) is 0 Å². The van der Waals surface area contributed by atoms with Crippen molar-refractivity contribution in [2.24, 2.45) is 0 Å². The number of amides is 2. The van der Waals surface area contributed by atoms with Gasteiger partial charge in [0.1, 0.15) is 18.2 Å². The van der Waals surface area contributed by atoms with Gasteiger partial charge in [-0.3, -0.25) is 9.59 Å². The molecule has 0 spiro atoms. The lowest BCUT2D eigenvalue weighted by atomic mass is 10.1. The van der Waals surface area contributed by atoms with Gasteiger partial charge in [-0.05, 0) is 54.8 Å². The van der Waals surface area contributed by atoms with Crippen molar-refractivity contribution in [3.05, 3.63) is 107 Å². The number of aryl methyl sites for hydroxylation is 1. The van der Waals surface area contributed by atoms with Crippen molar-refractivity contribution in [3.8, 4) is 6.07 Å². The first kappa shape index (κ1) is 24.6. The molecule has 0 fully saturated rings. The van der Waals surface area contributed by atoms with Crippen LogP contribution in [0.5, 0.6) is 0 Å². The molecule has 0 radical (unpaired) electrons. The van der Waals surface area contributed by atoms with Gasteiger partial charge in [0.25, 0.3) is 5.91 Å². The number of hydrogen-bond donors (Lipinski definition) is 3. The van der Waals surface area contributed by atoms with Crippen molar-refractivity contribution < 1.29 is 9.59 Å². The highest BCUT2D eigenvalue weighted by Crippen LogP contribution is 2.24. The lowest BCUT2D eigenvalue weighted by Crippen LogP contribution is -2.26. The quantitative estimate of drug-likeness (QED) is 0.198. The summed E-state index contributed by atoms with van der Waals surface area (Å²) in [7, 11) is 0. The molecular weight excluding hydrogens is 474 g/mol. The molecule has 0 aliphatic carbocycles. The molecule has 0 bridgehead atoms. The number of rotatable bonds is 8. The number of nitriles is 1. The lowest BCUT2D eigenvalue weighted by molar-refractivity contribution is -0.117. The van der Waals surface area contributed by atoms with E-state index >= 15 is 0 Å². The Bertz CT molecular complexity index is 1720. The van der Waals surface area contributed by atoms with Gasteiger partial charge in [0, 0.05) is 52.0 Å². The number of carbonyl (C=O) groups is 2. The summed E-state index contributed by atoms with van der Waals surface area (Å²) in [6.45, 7) is 2.47. The Hall–Kier alpha value is -5.09. The standard InChI is InChI=1S/C31H27N5O2/c1-21-7-6-8-25(15-21)35-30(37)20-36-19-24(27-10-3-5-12-29(27)36)16-23(17-32)31(38)33-14-13-22-18-34-28-11-4-2-9-26(22)28/h2-12,15-16,18-19,34H,13-14,20H2,1H3,(H,33,38)(H,35,37)/b23-16-. The molecule has 3 aromatic carbocycles. The van der Waals surface area contributed by atoms with E-state index in [1.54, 1.807) is 12.3 Å². The highest BCUT2D eigenvalue weighted by molar-refractivity contribution is 6.04. The van der Waals surface area contributed by atoms with Gasteiger partial charge >= 0.3 is 0 Å². The summed E-state index contributed by atoms with van der Waals surface area (Å²) >= 11 is 0.